The van der Waals surface area contributed by atoms with Gasteiger partial charge in [0.25, 0.3) is 0 Å². The first-order valence-electron chi connectivity index (χ1n) is 10.2. The topological polar surface area (TPSA) is 0 Å². The Morgan fingerprint density at radius 1 is 0.500 bits per heavy atom. The quantitative estimate of drug-likeness (QED) is 0.146. The van der Waals surface area contributed by atoms with Crippen molar-refractivity contribution in [3.63, 3.8) is 0 Å². The SMILES string of the molecule is CCCCCC[N+](CCCCC)(CCCCC)CCCCBr. The zero-order chi connectivity index (χ0) is 16.5. The molecule has 0 N–H and O–H groups in total. The fraction of sp³-hybridized carbons (Fsp3) is 1.00. The molecule has 2 heteroatoms. The van der Waals surface area contributed by atoms with Crippen molar-refractivity contribution in [1.29, 1.82) is 0 Å². The average molecular weight is 377 g/mol. The Labute approximate surface area is 150 Å². The molecule has 0 atom stereocenters. The first-order chi connectivity index (χ1) is 10.7. The van der Waals surface area contributed by atoms with Gasteiger partial charge in [-0.25, -0.2) is 0 Å². The number of quaternary nitrogens is 1. The molecule has 0 aromatic heterocycles. The Bertz CT molecular complexity index is 191. The monoisotopic (exact) mass is 376 g/mol. The van der Waals surface area contributed by atoms with Crippen molar-refractivity contribution in [3.05, 3.63) is 0 Å². The number of nitrogens with zero attached hydrogens (tertiary/aromatic N) is 1. The highest BCUT2D eigenvalue weighted by Gasteiger charge is 2.25. The molecule has 0 amide bonds. The molecule has 0 rings (SSSR count). The molecule has 0 radical (unpaired) electrons. The van der Waals surface area contributed by atoms with Gasteiger partial charge in [-0.05, 0) is 51.4 Å². The smallest absolute Gasteiger partial charge is 0.0786 e. The van der Waals surface area contributed by atoms with Crippen LogP contribution in [0.4, 0.5) is 0 Å². The fourth-order valence-corrected chi connectivity index (χ4v) is 3.88. The number of rotatable bonds is 17. The van der Waals surface area contributed by atoms with Gasteiger partial charge < -0.3 is 4.48 Å². The molecule has 0 saturated carbocycles. The van der Waals surface area contributed by atoms with Gasteiger partial charge in [0.15, 0.2) is 0 Å². The van der Waals surface area contributed by atoms with Crippen molar-refractivity contribution < 1.29 is 4.48 Å². The number of alkyl halides is 1. The molecule has 1 nitrogen and oxygen atoms in total. The summed E-state index contributed by atoms with van der Waals surface area (Å²) < 4.78 is 1.43. The zero-order valence-corrected chi connectivity index (χ0v) is 17.4. The first kappa shape index (κ1) is 22.4. The third-order valence-electron chi connectivity index (χ3n) is 4.97. The molecule has 0 aromatic rings. The summed E-state index contributed by atoms with van der Waals surface area (Å²) in [6.45, 7) is 12.7. The molecule has 0 aliphatic rings. The van der Waals surface area contributed by atoms with Crippen LogP contribution in [0, 0.1) is 0 Å². The Morgan fingerprint density at radius 2 is 0.864 bits per heavy atom. The van der Waals surface area contributed by atoms with E-state index in [0.29, 0.717) is 0 Å². The molecule has 0 bridgehead atoms. The van der Waals surface area contributed by atoms with Gasteiger partial charge in [0, 0.05) is 5.33 Å². The summed E-state index contributed by atoms with van der Waals surface area (Å²) in [6.07, 6.45) is 16.8. The summed E-state index contributed by atoms with van der Waals surface area (Å²) in [4.78, 5) is 0. The largest absolute Gasteiger partial charge is 0.324 e. The highest BCUT2D eigenvalue weighted by Crippen LogP contribution is 2.18. The second-order valence-corrected chi connectivity index (χ2v) is 7.90. The number of hydrogen-bond donors (Lipinski definition) is 0. The minimum absolute atomic E-state index is 1.17. The Hall–Kier alpha value is 0.440. The predicted octanol–water partition coefficient (Wildman–Crippen LogP) is 6.94. The van der Waals surface area contributed by atoms with Crippen LogP contribution < -0.4 is 0 Å². The lowest BCUT2D eigenvalue weighted by molar-refractivity contribution is -0.929. The normalized spacial score (nSPS) is 12.0. The highest BCUT2D eigenvalue weighted by atomic mass is 79.9. The summed E-state index contributed by atoms with van der Waals surface area (Å²) in [6, 6.07) is 0. The fourth-order valence-electron chi connectivity index (χ4n) is 3.48. The van der Waals surface area contributed by atoms with Gasteiger partial charge in [-0.15, -0.1) is 0 Å². The van der Waals surface area contributed by atoms with Crippen LogP contribution in [0.3, 0.4) is 0 Å². The van der Waals surface area contributed by atoms with Crippen LogP contribution in [0.1, 0.15) is 97.8 Å². The molecule has 0 aliphatic carbocycles. The molecule has 22 heavy (non-hydrogen) atoms. The maximum absolute atomic E-state index is 3.61. The van der Waals surface area contributed by atoms with Crippen molar-refractivity contribution >= 4 is 15.9 Å². The van der Waals surface area contributed by atoms with E-state index in [-0.39, 0.29) is 0 Å². The van der Waals surface area contributed by atoms with Crippen LogP contribution in [-0.2, 0) is 0 Å². The van der Waals surface area contributed by atoms with E-state index in [0.717, 1.165) is 0 Å². The number of unbranched alkanes of at least 4 members (excludes halogenated alkanes) is 8. The van der Waals surface area contributed by atoms with Crippen molar-refractivity contribution in [2.75, 3.05) is 31.5 Å². The van der Waals surface area contributed by atoms with Crippen molar-refractivity contribution in [2.24, 2.45) is 0 Å². The average Bonchev–Trinajstić information content (AvgIpc) is 2.52. The molecule has 0 aliphatic heterocycles. The van der Waals surface area contributed by atoms with E-state index in [1.165, 1.54) is 113 Å². The molecule has 0 saturated heterocycles. The first-order valence-corrected chi connectivity index (χ1v) is 11.3. The van der Waals surface area contributed by atoms with Crippen molar-refractivity contribution in [2.45, 2.75) is 97.8 Å². The van der Waals surface area contributed by atoms with Gasteiger partial charge in [-0.1, -0.05) is 62.4 Å². The van der Waals surface area contributed by atoms with Crippen LogP contribution in [0.15, 0.2) is 0 Å². The highest BCUT2D eigenvalue weighted by molar-refractivity contribution is 9.09. The van der Waals surface area contributed by atoms with E-state index in [4.69, 9.17) is 0 Å². The van der Waals surface area contributed by atoms with E-state index in [9.17, 15) is 0 Å². The molecule has 0 unspecified atom stereocenters. The third kappa shape index (κ3) is 11.9. The Morgan fingerprint density at radius 3 is 1.27 bits per heavy atom. The molecular weight excluding hydrogens is 334 g/mol. The van der Waals surface area contributed by atoms with Gasteiger partial charge >= 0.3 is 0 Å². The van der Waals surface area contributed by atoms with Crippen LogP contribution >= 0.6 is 15.9 Å². The lowest BCUT2D eigenvalue weighted by Gasteiger charge is -2.39. The maximum atomic E-state index is 3.61. The van der Waals surface area contributed by atoms with E-state index >= 15 is 0 Å². The summed E-state index contributed by atoms with van der Waals surface area (Å²) in [5, 5.41) is 1.17. The van der Waals surface area contributed by atoms with Crippen molar-refractivity contribution in [3.8, 4) is 0 Å². The Balaban J connectivity index is 4.53. The second-order valence-electron chi connectivity index (χ2n) is 7.11. The van der Waals surface area contributed by atoms with Gasteiger partial charge in [0.2, 0.25) is 0 Å². The Kier molecular flexibility index (Phi) is 16.6. The van der Waals surface area contributed by atoms with Crippen LogP contribution in [-0.4, -0.2) is 36.0 Å². The minimum atomic E-state index is 1.17. The lowest BCUT2D eigenvalue weighted by atomic mass is 10.1. The van der Waals surface area contributed by atoms with E-state index in [1.807, 2.05) is 0 Å². The third-order valence-corrected chi connectivity index (χ3v) is 5.53. The second kappa shape index (κ2) is 16.3. The predicted molar refractivity (Wildman–Crippen MR) is 106 cm³/mol. The minimum Gasteiger partial charge on any atom is -0.324 e. The maximum Gasteiger partial charge on any atom is 0.0786 e. The summed E-state index contributed by atoms with van der Waals surface area (Å²) in [7, 11) is 0. The van der Waals surface area contributed by atoms with Crippen molar-refractivity contribution in [1.82, 2.24) is 0 Å². The number of hydrogen-bond acceptors (Lipinski definition) is 0. The molecule has 0 spiro atoms. The van der Waals surface area contributed by atoms with E-state index < -0.39 is 0 Å². The molecule has 0 aromatic carbocycles. The zero-order valence-electron chi connectivity index (χ0n) is 15.8. The van der Waals surface area contributed by atoms with E-state index in [1.54, 1.807) is 0 Å². The van der Waals surface area contributed by atoms with E-state index in [2.05, 4.69) is 36.7 Å². The van der Waals surface area contributed by atoms with Gasteiger partial charge in [0.05, 0.1) is 26.2 Å². The van der Waals surface area contributed by atoms with Crippen LogP contribution in [0.2, 0.25) is 0 Å². The molecule has 0 heterocycles. The summed E-state index contributed by atoms with van der Waals surface area (Å²) >= 11 is 3.61. The summed E-state index contributed by atoms with van der Waals surface area (Å²) in [5.41, 5.74) is 0. The number of halogens is 1. The molecule has 134 valence electrons. The van der Waals surface area contributed by atoms with Gasteiger partial charge in [-0.2, -0.15) is 0 Å². The standard InChI is InChI=1S/C20H43BrN/c1-4-7-10-14-19-22(17-12-8-5-2,18-13-9-6-3)20-15-11-16-21/h4-20H2,1-3H3/q+1. The van der Waals surface area contributed by atoms with Crippen LogP contribution in [0.5, 0.6) is 0 Å². The van der Waals surface area contributed by atoms with Gasteiger partial charge in [0.1, 0.15) is 0 Å². The lowest BCUT2D eigenvalue weighted by Crippen LogP contribution is -2.50. The molecule has 0 fully saturated rings. The summed E-state index contributed by atoms with van der Waals surface area (Å²) in [5.74, 6) is 0. The van der Waals surface area contributed by atoms with Crippen LogP contribution in [0.25, 0.3) is 0 Å². The van der Waals surface area contributed by atoms with Gasteiger partial charge in [-0.3, -0.25) is 0 Å². The molecular formula is C20H43BrN+.